The molecule has 0 N–H and O–H groups in total. The Morgan fingerprint density at radius 2 is 1.69 bits per heavy atom. The summed E-state index contributed by atoms with van der Waals surface area (Å²) in [4.78, 5) is 11.8. The number of benzene rings is 2. The minimum atomic E-state index is -1.95. The number of methoxy groups -OCH3 is 2. The summed E-state index contributed by atoms with van der Waals surface area (Å²) in [5.74, 6) is 1.31. The number of fused-ring (bicyclic) bond motifs is 1. The first-order chi connectivity index (χ1) is 20.0. The van der Waals surface area contributed by atoms with Crippen LogP contribution < -0.4 is 14.4 Å². The van der Waals surface area contributed by atoms with Crippen LogP contribution in [0, 0.1) is 0 Å². The summed E-state index contributed by atoms with van der Waals surface area (Å²) in [5.41, 5.74) is 5.14. The van der Waals surface area contributed by atoms with Gasteiger partial charge < -0.3 is 28.3 Å². The molecule has 0 bridgehead atoms. The zero-order valence-corrected chi connectivity index (χ0v) is 27.0. The Balaban J connectivity index is 1.69. The fourth-order valence-electron chi connectivity index (χ4n) is 4.10. The van der Waals surface area contributed by atoms with Crippen LogP contribution in [0.15, 0.2) is 55.0 Å². The number of aromatic nitrogens is 4. The van der Waals surface area contributed by atoms with Gasteiger partial charge in [0.05, 0.1) is 56.1 Å². The van der Waals surface area contributed by atoms with Crippen molar-refractivity contribution >= 4 is 30.7 Å². The lowest BCUT2D eigenvalue weighted by molar-refractivity contribution is -0.00851. The van der Waals surface area contributed by atoms with E-state index in [9.17, 15) is 0 Å². The van der Waals surface area contributed by atoms with Crippen LogP contribution in [-0.2, 0) is 20.9 Å². The molecule has 0 aliphatic carbocycles. The van der Waals surface area contributed by atoms with Gasteiger partial charge in [0, 0.05) is 62.0 Å². The normalized spacial score (nSPS) is 12.1. The molecule has 0 aliphatic rings. The quantitative estimate of drug-likeness (QED) is 0.0963. The van der Waals surface area contributed by atoms with E-state index in [-0.39, 0.29) is 11.8 Å². The molecule has 0 atom stereocenters. The fraction of sp³-hybridized carbons (Fsp3) is 0.452. The first-order valence-electron chi connectivity index (χ1n) is 14.1. The van der Waals surface area contributed by atoms with Crippen LogP contribution in [0.1, 0.15) is 20.8 Å². The highest BCUT2D eigenvalue weighted by Gasteiger charge is 2.37. The maximum absolute atomic E-state index is 6.59. The second-order valence-electron chi connectivity index (χ2n) is 11.6. The van der Waals surface area contributed by atoms with E-state index in [1.807, 2.05) is 37.5 Å². The smallest absolute Gasteiger partial charge is 0.192 e. The van der Waals surface area contributed by atoms with E-state index < -0.39 is 8.32 Å². The molecular weight excluding hydrogens is 550 g/mol. The molecule has 2 aromatic carbocycles. The highest BCUT2D eigenvalue weighted by atomic mass is 28.4. The van der Waals surface area contributed by atoms with Crippen LogP contribution in [0.25, 0.3) is 22.3 Å². The minimum absolute atomic E-state index is 0.104. The van der Waals surface area contributed by atoms with Crippen molar-refractivity contribution in [3.63, 3.8) is 0 Å². The van der Waals surface area contributed by atoms with Gasteiger partial charge in [-0.3, -0.25) is 9.67 Å². The van der Waals surface area contributed by atoms with Crippen LogP contribution in [0.2, 0.25) is 18.1 Å². The third-order valence-electron chi connectivity index (χ3n) is 7.58. The van der Waals surface area contributed by atoms with Crippen molar-refractivity contribution in [3.05, 3.63) is 55.0 Å². The lowest BCUT2D eigenvalue weighted by Gasteiger charge is -2.37. The fourth-order valence-corrected chi connectivity index (χ4v) is 5.14. The van der Waals surface area contributed by atoms with Crippen molar-refractivity contribution in [1.82, 2.24) is 19.7 Å². The van der Waals surface area contributed by atoms with Crippen molar-refractivity contribution in [2.45, 2.75) is 38.9 Å². The van der Waals surface area contributed by atoms with Gasteiger partial charge in [0.2, 0.25) is 0 Å². The lowest BCUT2D eigenvalue weighted by Crippen LogP contribution is -2.42. The summed E-state index contributed by atoms with van der Waals surface area (Å²) in [6.07, 6.45) is 5.51. The molecule has 0 unspecified atom stereocenters. The lowest BCUT2D eigenvalue weighted by atomic mass is 10.2. The molecule has 0 amide bonds. The summed E-state index contributed by atoms with van der Waals surface area (Å²) < 4.78 is 30.5. The highest BCUT2D eigenvalue weighted by molar-refractivity contribution is 6.74. The van der Waals surface area contributed by atoms with Gasteiger partial charge >= 0.3 is 0 Å². The van der Waals surface area contributed by atoms with E-state index in [4.69, 9.17) is 28.4 Å². The van der Waals surface area contributed by atoms with Gasteiger partial charge in [-0.15, -0.1) is 0 Å². The number of hydrogen-bond acceptors (Lipinski definition) is 9. The van der Waals surface area contributed by atoms with Crippen molar-refractivity contribution in [1.29, 1.82) is 0 Å². The number of hydrogen-bond donors (Lipinski definition) is 0. The number of rotatable bonds is 14. The Kier molecular flexibility index (Phi) is 10.2. The molecule has 0 saturated carbocycles. The van der Waals surface area contributed by atoms with E-state index in [1.165, 1.54) is 0 Å². The molecule has 0 fully saturated rings. The average Bonchev–Trinajstić information content (AvgIpc) is 3.40. The maximum Gasteiger partial charge on any atom is 0.192 e. The molecular formula is C31H43N5O5Si. The molecule has 4 aromatic rings. The van der Waals surface area contributed by atoms with Crippen molar-refractivity contribution < 1.29 is 23.4 Å². The van der Waals surface area contributed by atoms with Crippen molar-refractivity contribution in [2.75, 3.05) is 52.3 Å². The summed E-state index contributed by atoms with van der Waals surface area (Å²) in [7, 11) is 3.22. The molecule has 2 heterocycles. The first kappa shape index (κ1) is 31.4. The van der Waals surface area contributed by atoms with E-state index in [0.29, 0.717) is 37.9 Å². The monoisotopic (exact) mass is 593 g/mol. The van der Waals surface area contributed by atoms with Gasteiger partial charge in [0.1, 0.15) is 11.5 Å². The summed E-state index contributed by atoms with van der Waals surface area (Å²) in [6, 6.07) is 11.9. The first-order valence-corrected chi connectivity index (χ1v) is 17.0. The van der Waals surface area contributed by atoms with Crippen LogP contribution in [0.3, 0.4) is 0 Å². The van der Waals surface area contributed by atoms with Gasteiger partial charge in [0.15, 0.2) is 15.1 Å². The molecule has 11 heteroatoms. The van der Waals surface area contributed by atoms with E-state index in [2.05, 4.69) is 61.0 Å². The Morgan fingerprint density at radius 1 is 0.905 bits per heavy atom. The molecule has 226 valence electrons. The topological polar surface area (TPSA) is 93.0 Å². The van der Waals surface area contributed by atoms with Crippen molar-refractivity contribution in [2.24, 2.45) is 7.05 Å². The number of aryl methyl sites for hydroxylation is 1. The second kappa shape index (κ2) is 13.6. The molecule has 0 spiro atoms. The summed E-state index contributed by atoms with van der Waals surface area (Å²) >= 11 is 0. The zero-order valence-electron chi connectivity index (χ0n) is 26.0. The number of nitrogens with zero attached hydrogens (tertiary/aromatic N) is 5. The maximum atomic E-state index is 6.59. The van der Waals surface area contributed by atoms with Gasteiger partial charge in [0.25, 0.3) is 0 Å². The van der Waals surface area contributed by atoms with Crippen LogP contribution in [0.5, 0.6) is 11.5 Å². The summed E-state index contributed by atoms with van der Waals surface area (Å²) in [6.45, 7) is 13.5. The predicted molar refractivity (Wildman–Crippen MR) is 168 cm³/mol. The predicted octanol–water partition coefficient (Wildman–Crippen LogP) is 6.20. The largest absolute Gasteiger partial charge is 0.497 e. The second-order valence-corrected chi connectivity index (χ2v) is 16.4. The average molecular weight is 594 g/mol. The molecule has 10 nitrogen and oxygen atoms in total. The molecule has 0 aliphatic heterocycles. The van der Waals surface area contributed by atoms with E-state index in [1.54, 1.807) is 31.3 Å². The Bertz CT molecular complexity index is 1470. The standard InChI is InChI=1S/C31H43N5O5Si/c1-31(2,3)42(7,8)41-12-11-36(25-15-26(38-6)18-27(16-25)40-22-39-14-13-37-5)24-9-10-28-29(17-24)34-30(20-32-28)23-19-33-35(4)21-23/h9-10,15-21H,11-14,22H2,1-8H3. The van der Waals surface area contributed by atoms with Crippen LogP contribution in [0.4, 0.5) is 11.4 Å². The Labute approximate surface area is 249 Å². The minimum Gasteiger partial charge on any atom is -0.497 e. The molecule has 0 radical (unpaired) electrons. The van der Waals surface area contributed by atoms with Gasteiger partial charge in [-0.05, 0) is 36.3 Å². The highest BCUT2D eigenvalue weighted by Crippen LogP contribution is 2.38. The summed E-state index contributed by atoms with van der Waals surface area (Å²) in [5, 5.41) is 4.39. The third-order valence-corrected chi connectivity index (χ3v) is 12.1. The molecule has 4 rings (SSSR count). The molecule has 42 heavy (non-hydrogen) atoms. The van der Waals surface area contributed by atoms with Crippen LogP contribution >= 0.6 is 0 Å². The SMILES string of the molecule is COCCOCOc1cc(OC)cc(N(CCO[Si](C)(C)C(C)(C)C)c2ccc3ncc(-c4cnn(C)c4)nc3c2)c1. The third kappa shape index (κ3) is 7.85. The van der Waals surface area contributed by atoms with Gasteiger partial charge in [-0.1, -0.05) is 20.8 Å². The number of anilines is 2. The number of ether oxygens (including phenoxy) is 4. The molecule has 0 saturated heterocycles. The Morgan fingerprint density at radius 3 is 2.38 bits per heavy atom. The van der Waals surface area contributed by atoms with Gasteiger partial charge in [-0.25, -0.2) is 4.98 Å². The molecule has 2 aromatic heterocycles. The van der Waals surface area contributed by atoms with Gasteiger partial charge in [-0.2, -0.15) is 5.10 Å². The van der Waals surface area contributed by atoms with Crippen LogP contribution in [-0.4, -0.2) is 75.4 Å². The van der Waals surface area contributed by atoms with Crippen molar-refractivity contribution in [3.8, 4) is 22.8 Å². The Hall–Kier alpha value is -3.51. The zero-order chi connectivity index (χ0) is 30.3. The van der Waals surface area contributed by atoms with E-state index in [0.717, 1.165) is 33.7 Å². The van der Waals surface area contributed by atoms with E-state index >= 15 is 0 Å².